The number of aliphatic hydroxyl groups excluding tert-OH is 1. The van der Waals surface area contributed by atoms with Gasteiger partial charge in [-0.05, 0) is 105 Å². The lowest BCUT2D eigenvalue weighted by molar-refractivity contribution is -0.137. The van der Waals surface area contributed by atoms with Gasteiger partial charge < -0.3 is 9.84 Å². The highest BCUT2D eigenvalue weighted by Crippen LogP contribution is 2.67. The van der Waals surface area contributed by atoms with E-state index < -0.39 is 0 Å². The summed E-state index contributed by atoms with van der Waals surface area (Å²) in [5.74, 6) is 4.78. The van der Waals surface area contributed by atoms with Crippen LogP contribution < -0.4 is 0 Å². The normalized spacial score (nSPS) is 41.6. The minimum absolute atomic E-state index is 0.245. The van der Waals surface area contributed by atoms with E-state index in [0.717, 1.165) is 36.0 Å². The van der Waals surface area contributed by atoms with Gasteiger partial charge in [0.15, 0.2) is 0 Å². The van der Waals surface area contributed by atoms with Crippen LogP contribution in [-0.4, -0.2) is 24.8 Å². The third-order valence-corrected chi connectivity index (χ3v) is 9.78. The summed E-state index contributed by atoms with van der Waals surface area (Å²) in [5.41, 5.74) is 1.29. The Morgan fingerprint density at radius 2 is 1.60 bits per heavy atom. The van der Waals surface area contributed by atoms with E-state index in [1.165, 1.54) is 84.7 Å². The van der Waals surface area contributed by atoms with E-state index in [-0.39, 0.29) is 5.97 Å². The average molecular weight is 423 g/mol. The zero-order valence-corrected chi connectivity index (χ0v) is 20.8. The summed E-state index contributed by atoms with van der Waals surface area (Å²) in [6, 6.07) is 0. The van der Waals surface area contributed by atoms with Crippen LogP contribution in [-0.2, 0) is 9.53 Å². The van der Waals surface area contributed by atoms with Gasteiger partial charge in [0.05, 0.1) is 7.11 Å². The smallest absolute Gasteiger partial charge is 0.302 e. The average Bonchev–Trinajstić information content (AvgIpc) is 3.10. The van der Waals surface area contributed by atoms with Gasteiger partial charge in [0.2, 0.25) is 0 Å². The van der Waals surface area contributed by atoms with Crippen LogP contribution in [0.5, 0.6) is 0 Å². The lowest BCUT2D eigenvalue weighted by Crippen LogP contribution is -2.52. The zero-order valence-electron chi connectivity index (χ0n) is 20.8. The Morgan fingerprint density at radius 3 is 2.23 bits per heavy atom. The first-order chi connectivity index (χ1) is 14.4. The maximum absolute atomic E-state index is 9.59. The van der Waals surface area contributed by atoms with Crippen molar-refractivity contribution in [1.82, 2.24) is 0 Å². The van der Waals surface area contributed by atoms with Gasteiger partial charge in [0, 0.05) is 13.5 Å². The first-order valence-electron chi connectivity index (χ1n) is 13.0. The third kappa shape index (κ3) is 5.08. The fourth-order valence-corrected chi connectivity index (χ4v) is 8.22. The molecule has 4 saturated carbocycles. The molecule has 7 unspecified atom stereocenters. The molecular weight excluding hydrogens is 372 g/mol. The van der Waals surface area contributed by atoms with Gasteiger partial charge in [-0.15, -0.1) is 0 Å². The molecule has 0 saturated heterocycles. The highest BCUT2D eigenvalue weighted by atomic mass is 16.5. The molecule has 30 heavy (non-hydrogen) atoms. The minimum Gasteiger partial charge on any atom is -0.469 e. The second-order valence-corrected chi connectivity index (χ2v) is 10.8. The van der Waals surface area contributed by atoms with Crippen LogP contribution >= 0.6 is 0 Å². The summed E-state index contributed by atoms with van der Waals surface area (Å²) in [7, 11) is 1.35. The molecule has 0 radical (unpaired) electrons. The Hall–Kier alpha value is -0.570. The van der Waals surface area contributed by atoms with Crippen molar-refractivity contribution < 1.29 is 14.6 Å². The van der Waals surface area contributed by atoms with Gasteiger partial charge in [-0.1, -0.05) is 40.5 Å². The summed E-state index contributed by atoms with van der Waals surface area (Å²) in [4.78, 5) is 9.59. The topological polar surface area (TPSA) is 46.5 Å². The second-order valence-electron chi connectivity index (χ2n) is 10.8. The Balaban J connectivity index is 0.000000404. The van der Waals surface area contributed by atoms with Crippen LogP contribution in [0.4, 0.5) is 0 Å². The Labute approximate surface area is 186 Å². The van der Waals surface area contributed by atoms with Gasteiger partial charge in [0.25, 0.3) is 0 Å². The summed E-state index contributed by atoms with van der Waals surface area (Å²) in [5, 5.41) is 9.26. The van der Waals surface area contributed by atoms with E-state index in [4.69, 9.17) is 0 Å². The fourth-order valence-electron chi connectivity index (χ4n) is 8.22. The standard InChI is InChI=1S/C22H38O.C3H6O2.C2H6/c1-21-13-4-3-6-16(21)8-10-18-19-11-9-17(7-5-15-23)22(19,2)14-12-20(18)21;1-3(4)5-2;1-2/h16-20,23H,3-15H2,1-2H3;1-2H3;1-2H3. The third-order valence-electron chi connectivity index (χ3n) is 9.78. The zero-order chi connectivity index (χ0) is 22.4. The van der Waals surface area contributed by atoms with Crippen molar-refractivity contribution >= 4 is 5.97 Å². The molecule has 3 heteroatoms. The summed E-state index contributed by atoms with van der Waals surface area (Å²) in [6.07, 6.45) is 17.4. The van der Waals surface area contributed by atoms with Crippen LogP contribution in [0.1, 0.15) is 112 Å². The van der Waals surface area contributed by atoms with Crippen molar-refractivity contribution in [1.29, 1.82) is 0 Å². The first-order valence-corrected chi connectivity index (χ1v) is 13.0. The number of hydrogen-bond acceptors (Lipinski definition) is 3. The van der Waals surface area contributed by atoms with Gasteiger partial charge in [-0.2, -0.15) is 0 Å². The van der Waals surface area contributed by atoms with Crippen molar-refractivity contribution in [3.63, 3.8) is 0 Å². The largest absolute Gasteiger partial charge is 0.469 e. The predicted octanol–water partition coefficient (Wildman–Crippen LogP) is 7.01. The maximum atomic E-state index is 9.59. The fraction of sp³-hybridized carbons (Fsp3) is 0.963. The molecule has 0 heterocycles. The van der Waals surface area contributed by atoms with Crippen molar-refractivity contribution in [2.75, 3.05) is 13.7 Å². The summed E-state index contributed by atoms with van der Waals surface area (Å²) in [6.45, 7) is 11.1. The van der Waals surface area contributed by atoms with Gasteiger partial charge >= 0.3 is 5.97 Å². The minimum atomic E-state index is -0.245. The van der Waals surface area contributed by atoms with E-state index in [2.05, 4.69) is 18.6 Å². The number of esters is 1. The second kappa shape index (κ2) is 11.3. The Morgan fingerprint density at radius 1 is 0.933 bits per heavy atom. The first kappa shape index (κ1) is 25.7. The molecule has 0 aromatic carbocycles. The highest BCUT2D eigenvalue weighted by Gasteiger charge is 2.59. The predicted molar refractivity (Wildman–Crippen MR) is 125 cm³/mol. The van der Waals surface area contributed by atoms with E-state index in [9.17, 15) is 9.90 Å². The molecule has 4 aliphatic rings. The van der Waals surface area contributed by atoms with E-state index >= 15 is 0 Å². The van der Waals surface area contributed by atoms with Crippen molar-refractivity contribution in [3.8, 4) is 0 Å². The Kier molecular flexibility index (Phi) is 9.71. The molecule has 4 fully saturated rings. The maximum Gasteiger partial charge on any atom is 0.302 e. The molecule has 4 rings (SSSR count). The number of fused-ring (bicyclic) bond motifs is 5. The molecule has 0 spiro atoms. The van der Waals surface area contributed by atoms with Gasteiger partial charge in [-0.25, -0.2) is 0 Å². The van der Waals surface area contributed by atoms with Crippen molar-refractivity contribution in [2.45, 2.75) is 112 Å². The molecule has 176 valence electrons. The molecule has 7 atom stereocenters. The van der Waals surface area contributed by atoms with Crippen molar-refractivity contribution in [2.24, 2.45) is 40.4 Å². The molecule has 0 aromatic rings. The molecule has 0 aliphatic heterocycles. The summed E-state index contributed by atoms with van der Waals surface area (Å²) < 4.78 is 4.11. The lowest BCUT2D eigenvalue weighted by Gasteiger charge is -2.60. The van der Waals surface area contributed by atoms with E-state index in [1.807, 2.05) is 13.8 Å². The van der Waals surface area contributed by atoms with Gasteiger partial charge in [-0.3, -0.25) is 4.79 Å². The van der Waals surface area contributed by atoms with Crippen LogP contribution in [0.2, 0.25) is 0 Å². The van der Waals surface area contributed by atoms with Gasteiger partial charge in [0.1, 0.15) is 0 Å². The molecule has 3 nitrogen and oxygen atoms in total. The number of aliphatic hydroxyl groups is 1. The lowest BCUT2D eigenvalue weighted by atomic mass is 9.45. The molecule has 0 aromatic heterocycles. The molecule has 0 amide bonds. The number of carbonyl (C=O) groups is 1. The molecule has 1 N–H and O–H groups in total. The van der Waals surface area contributed by atoms with Crippen LogP contribution in [0.15, 0.2) is 0 Å². The SMILES string of the molecule is CC.CC12CCCCC1CCC1C2CCC2(C)C(CCCO)CCC12.COC(C)=O. The van der Waals surface area contributed by atoms with Crippen LogP contribution in [0.25, 0.3) is 0 Å². The quantitative estimate of drug-likeness (QED) is 0.497. The number of carbonyl (C=O) groups excluding carboxylic acids is 1. The highest BCUT2D eigenvalue weighted by molar-refractivity contribution is 5.65. The Bertz CT molecular complexity index is 532. The monoisotopic (exact) mass is 422 g/mol. The van der Waals surface area contributed by atoms with Crippen LogP contribution in [0, 0.1) is 40.4 Å². The number of methoxy groups -OCH3 is 1. The number of rotatable bonds is 3. The van der Waals surface area contributed by atoms with Crippen molar-refractivity contribution in [3.05, 3.63) is 0 Å². The molecule has 0 bridgehead atoms. The van der Waals surface area contributed by atoms with Crippen LogP contribution in [0.3, 0.4) is 0 Å². The van der Waals surface area contributed by atoms with E-state index in [1.54, 1.807) is 0 Å². The van der Waals surface area contributed by atoms with E-state index in [0.29, 0.717) is 17.4 Å². The molecule has 4 aliphatic carbocycles. The summed E-state index contributed by atoms with van der Waals surface area (Å²) >= 11 is 0. The number of hydrogen-bond donors (Lipinski definition) is 1. The number of ether oxygens (including phenoxy) is 1. The molecular formula is C27H50O3.